The zero-order valence-electron chi connectivity index (χ0n) is 18.6. The van der Waals surface area contributed by atoms with Crippen molar-refractivity contribution in [2.24, 2.45) is 0 Å². The maximum absolute atomic E-state index is 4.75. The molecule has 0 unspecified atom stereocenters. The Morgan fingerprint density at radius 1 is 1.04 bits per heavy atom. The molecule has 2 rings (SSSR count). The van der Waals surface area contributed by atoms with E-state index in [4.69, 9.17) is 9.97 Å². The van der Waals surface area contributed by atoms with Crippen LogP contribution in [0.3, 0.4) is 0 Å². The quantitative estimate of drug-likeness (QED) is 0.717. The Labute approximate surface area is 165 Å². The third kappa shape index (κ3) is 5.00. The van der Waals surface area contributed by atoms with Crippen LogP contribution in [0.1, 0.15) is 67.2 Å². The summed E-state index contributed by atoms with van der Waals surface area (Å²) < 4.78 is 0. The van der Waals surface area contributed by atoms with Gasteiger partial charge in [-0.3, -0.25) is 4.90 Å². The average Bonchev–Trinajstić information content (AvgIpc) is 2.59. The second-order valence-corrected chi connectivity index (χ2v) is 8.86. The van der Waals surface area contributed by atoms with Gasteiger partial charge in [0.1, 0.15) is 0 Å². The lowest BCUT2D eigenvalue weighted by atomic mass is 9.77. The van der Waals surface area contributed by atoms with Crippen LogP contribution in [0.2, 0.25) is 0 Å². The number of unbranched alkanes of at least 4 members (excludes halogenated alkanes) is 1. The van der Waals surface area contributed by atoms with Crippen molar-refractivity contribution in [3.05, 3.63) is 0 Å². The minimum absolute atomic E-state index is 0.125. The van der Waals surface area contributed by atoms with Gasteiger partial charge in [-0.25, -0.2) is 0 Å². The topological polar surface area (TPSA) is 69.2 Å². The van der Waals surface area contributed by atoms with E-state index in [1.807, 2.05) is 7.05 Å². The predicted octanol–water partition coefficient (Wildman–Crippen LogP) is 3.60. The number of nitrogens with zero attached hydrogens (tertiary/aromatic N) is 5. The first-order valence-corrected chi connectivity index (χ1v) is 10.3. The molecule has 0 saturated carbocycles. The molecule has 0 radical (unpaired) electrons. The van der Waals surface area contributed by atoms with Gasteiger partial charge < -0.3 is 15.5 Å². The summed E-state index contributed by atoms with van der Waals surface area (Å²) in [7, 11) is 4.10. The van der Waals surface area contributed by atoms with Gasteiger partial charge in [0.2, 0.25) is 17.8 Å². The van der Waals surface area contributed by atoms with Gasteiger partial charge in [-0.15, -0.1) is 0 Å². The zero-order chi connectivity index (χ0) is 20.2. The van der Waals surface area contributed by atoms with E-state index in [1.54, 1.807) is 0 Å². The van der Waals surface area contributed by atoms with E-state index >= 15 is 0 Å². The van der Waals surface area contributed by atoms with E-state index in [1.165, 1.54) is 0 Å². The Morgan fingerprint density at radius 2 is 1.63 bits per heavy atom. The monoisotopic (exact) mass is 377 g/mol. The number of likely N-dealkylation sites (tertiary alicyclic amines) is 1. The van der Waals surface area contributed by atoms with Crippen LogP contribution < -0.4 is 15.5 Å². The number of nitrogens with one attached hydrogen (secondary N) is 2. The molecule has 1 aromatic heterocycles. The number of piperidine rings is 1. The minimum atomic E-state index is 0.125. The fourth-order valence-electron chi connectivity index (χ4n) is 4.16. The Kier molecular flexibility index (Phi) is 6.89. The summed E-state index contributed by atoms with van der Waals surface area (Å²) in [6, 6.07) is 0.402. The molecule has 154 valence electrons. The lowest BCUT2D eigenvalue weighted by molar-refractivity contribution is -0.0129. The summed E-state index contributed by atoms with van der Waals surface area (Å²) in [6.07, 6.45) is 4.46. The molecule has 2 heterocycles. The lowest BCUT2D eigenvalue weighted by Crippen LogP contribution is -2.63. The third-order valence-electron chi connectivity index (χ3n) is 5.92. The maximum Gasteiger partial charge on any atom is 0.232 e. The van der Waals surface area contributed by atoms with Gasteiger partial charge in [-0.05, 0) is 60.9 Å². The summed E-state index contributed by atoms with van der Waals surface area (Å²) in [5, 5.41) is 6.32. The molecular weight excluding hydrogens is 338 g/mol. The van der Waals surface area contributed by atoms with Crippen LogP contribution in [0, 0.1) is 0 Å². The van der Waals surface area contributed by atoms with Crippen molar-refractivity contribution in [1.29, 1.82) is 0 Å². The number of hydrogen-bond acceptors (Lipinski definition) is 7. The maximum atomic E-state index is 4.75. The highest BCUT2D eigenvalue weighted by Gasteiger charge is 2.45. The SMILES string of the molecule is CCCCN(c1nc(NC)nc(NCC)n1)C1CC(C)(C)N(C)C(C)(C)C1. The van der Waals surface area contributed by atoms with Crippen LogP contribution in [0.5, 0.6) is 0 Å². The number of rotatable bonds is 8. The number of aromatic nitrogens is 3. The van der Waals surface area contributed by atoms with Gasteiger partial charge >= 0.3 is 0 Å². The highest BCUT2D eigenvalue weighted by Crippen LogP contribution is 2.39. The Morgan fingerprint density at radius 3 is 2.15 bits per heavy atom. The molecule has 1 aromatic rings. The molecular formula is C20H39N7. The van der Waals surface area contributed by atoms with Crippen molar-refractivity contribution in [2.45, 2.75) is 84.3 Å². The molecule has 0 aliphatic carbocycles. The van der Waals surface area contributed by atoms with Gasteiger partial charge in [0.25, 0.3) is 0 Å². The molecule has 0 atom stereocenters. The van der Waals surface area contributed by atoms with Crippen LogP contribution >= 0.6 is 0 Å². The van der Waals surface area contributed by atoms with Crippen molar-refractivity contribution < 1.29 is 0 Å². The van der Waals surface area contributed by atoms with Gasteiger partial charge in [-0.2, -0.15) is 15.0 Å². The minimum Gasteiger partial charge on any atom is -0.357 e. The molecule has 1 aliphatic rings. The summed E-state index contributed by atoms with van der Waals surface area (Å²) >= 11 is 0. The Hall–Kier alpha value is -1.63. The second-order valence-electron chi connectivity index (χ2n) is 8.86. The van der Waals surface area contributed by atoms with E-state index in [-0.39, 0.29) is 11.1 Å². The lowest BCUT2D eigenvalue weighted by Gasteiger charge is -2.55. The summed E-state index contributed by atoms with van der Waals surface area (Å²) in [5.41, 5.74) is 0.250. The molecule has 27 heavy (non-hydrogen) atoms. The fraction of sp³-hybridized carbons (Fsp3) is 0.850. The first-order chi connectivity index (χ1) is 12.6. The largest absolute Gasteiger partial charge is 0.357 e. The van der Waals surface area contributed by atoms with E-state index < -0.39 is 0 Å². The first-order valence-electron chi connectivity index (χ1n) is 10.3. The third-order valence-corrected chi connectivity index (χ3v) is 5.92. The molecule has 2 N–H and O–H groups in total. The van der Waals surface area contributed by atoms with E-state index in [0.717, 1.165) is 44.7 Å². The predicted molar refractivity (Wildman–Crippen MR) is 115 cm³/mol. The normalized spacial score (nSPS) is 19.7. The summed E-state index contributed by atoms with van der Waals surface area (Å²) in [4.78, 5) is 18.8. The van der Waals surface area contributed by atoms with Crippen LogP contribution in [-0.4, -0.2) is 64.2 Å². The summed E-state index contributed by atoms with van der Waals surface area (Å²) in [5.74, 6) is 2.03. The zero-order valence-corrected chi connectivity index (χ0v) is 18.6. The Bertz CT molecular complexity index is 596. The molecule has 0 bridgehead atoms. The second kappa shape index (κ2) is 8.59. The van der Waals surface area contributed by atoms with Crippen LogP contribution in [0.25, 0.3) is 0 Å². The number of hydrogen-bond donors (Lipinski definition) is 2. The van der Waals surface area contributed by atoms with Crippen molar-refractivity contribution in [1.82, 2.24) is 19.9 Å². The summed E-state index contributed by atoms with van der Waals surface area (Å²) in [6.45, 7) is 15.4. The standard InChI is InChI=1S/C20H39N7/c1-9-11-12-27(15-13-19(3,4)26(8)20(5,6)14-15)18-24-16(21-7)23-17(25-18)22-10-2/h15H,9-14H2,1-8H3,(H2,21,22,23,24,25). The number of anilines is 3. The average molecular weight is 378 g/mol. The van der Waals surface area contributed by atoms with Crippen LogP contribution in [0.15, 0.2) is 0 Å². The van der Waals surface area contributed by atoms with E-state index in [2.05, 4.69) is 74.0 Å². The van der Waals surface area contributed by atoms with Gasteiger partial charge in [0.05, 0.1) is 0 Å². The molecule has 1 aliphatic heterocycles. The van der Waals surface area contributed by atoms with Crippen LogP contribution in [-0.2, 0) is 0 Å². The molecule has 7 heteroatoms. The van der Waals surface area contributed by atoms with Crippen molar-refractivity contribution in [3.8, 4) is 0 Å². The fourth-order valence-corrected chi connectivity index (χ4v) is 4.16. The molecule has 1 saturated heterocycles. The van der Waals surface area contributed by atoms with Crippen molar-refractivity contribution in [3.63, 3.8) is 0 Å². The highest BCUT2D eigenvalue weighted by molar-refractivity contribution is 5.44. The molecule has 7 nitrogen and oxygen atoms in total. The molecule has 1 fully saturated rings. The van der Waals surface area contributed by atoms with Crippen molar-refractivity contribution >= 4 is 17.8 Å². The Balaban J connectivity index is 2.42. The van der Waals surface area contributed by atoms with Gasteiger partial charge in [0.15, 0.2) is 0 Å². The highest BCUT2D eigenvalue weighted by atomic mass is 15.4. The molecule has 0 aromatic carbocycles. The van der Waals surface area contributed by atoms with Crippen molar-refractivity contribution in [2.75, 3.05) is 42.7 Å². The van der Waals surface area contributed by atoms with Gasteiger partial charge in [-0.1, -0.05) is 13.3 Å². The first kappa shape index (κ1) is 21.7. The molecule has 0 amide bonds. The molecule has 0 spiro atoms. The van der Waals surface area contributed by atoms with E-state index in [0.29, 0.717) is 17.9 Å². The van der Waals surface area contributed by atoms with Gasteiger partial charge in [0, 0.05) is 37.3 Å². The van der Waals surface area contributed by atoms with E-state index in [9.17, 15) is 0 Å². The smallest absolute Gasteiger partial charge is 0.232 e. The van der Waals surface area contributed by atoms with Crippen LogP contribution in [0.4, 0.5) is 17.8 Å².